The molecule has 128 valence electrons. The fraction of sp³-hybridized carbons (Fsp3) is 0.278. The first-order valence-corrected chi connectivity index (χ1v) is 8.96. The average molecular weight is 354 g/mol. The normalized spacial score (nSPS) is 15.0. The van der Waals surface area contributed by atoms with Crippen LogP contribution in [0.3, 0.4) is 0 Å². The predicted molar refractivity (Wildman–Crippen MR) is 98.0 cm³/mol. The molecule has 0 radical (unpaired) electrons. The second-order valence-corrected chi connectivity index (χ2v) is 6.84. The molecule has 0 N–H and O–H groups in total. The van der Waals surface area contributed by atoms with Crippen LogP contribution in [0.25, 0.3) is 10.2 Å². The van der Waals surface area contributed by atoms with Crippen molar-refractivity contribution in [3.05, 3.63) is 47.6 Å². The molecule has 3 aromatic rings. The van der Waals surface area contributed by atoms with Gasteiger partial charge in [-0.2, -0.15) is 0 Å². The number of thiophene rings is 1. The number of methoxy groups -OCH3 is 1. The molecular weight excluding hydrogens is 336 g/mol. The number of hydrogen-bond acceptors (Lipinski definition) is 6. The van der Waals surface area contributed by atoms with Gasteiger partial charge in [-0.3, -0.25) is 4.79 Å². The number of carbonyl (C=O) groups is 1. The van der Waals surface area contributed by atoms with Crippen LogP contribution in [-0.2, 0) is 11.3 Å². The molecule has 0 unspecified atom stereocenters. The van der Waals surface area contributed by atoms with Crippen LogP contribution in [0.15, 0.2) is 42.0 Å². The van der Waals surface area contributed by atoms with Crippen molar-refractivity contribution >= 4 is 33.3 Å². The Morgan fingerprint density at radius 3 is 3.00 bits per heavy atom. The molecule has 0 aliphatic carbocycles. The minimum atomic E-state index is 0.109. The summed E-state index contributed by atoms with van der Waals surface area (Å²) in [4.78, 5) is 25.2. The Kier molecular flexibility index (Phi) is 4.23. The number of hydrogen-bond donors (Lipinski definition) is 0. The highest BCUT2D eigenvalue weighted by molar-refractivity contribution is 7.17. The number of fused-ring (bicyclic) bond motifs is 1. The Morgan fingerprint density at radius 1 is 1.24 bits per heavy atom. The number of amides is 1. The number of aromatic nitrogens is 2. The summed E-state index contributed by atoms with van der Waals surface area (Å²) in [5.41, 5.74) is 2.00. The topological polar surface area (TPSA) is 58.6 Å². The standard InChI is InChI=1S/C18H18N4O2S/c1-24-14-4-2-3-13(9-14)10-21-6-7-22(11-16(21)23)18-17-15(5-8-25-17)19-12-20-18/h2-5,8-9,12H,6-7,10-11H2,1H3. The molecule has 3 heterocycles. The van der Waals surface area contributed by atoms with Crippen LogP contribution in [0.5, 0.6) is 5.75 Å². The SMILES string of the molecule is COc1cccc(CN2CCN(c3ncnc4ccsc34)CC2=O)c1. The molecule has 0 spiro atoms. The Labute approximate surface area is 149 Å². The fourth-order valence-corrected chi connectivity index (χ4v) is 3.91. The molecule has 25 heavy (non-hydrogen) atoms. The summed E-state index contributed by atoms with van der Waals surface area (Å²) in [5, 5.41) is 2.00. The Bertz CT molecular complexity index is 911. The molecule has 1 amide bonds. The zero-order chi connectivity index (χ0) is 17.2. The molecule has 0 saturated carbocycles. The van der Waals surface area contributed by atoms with Gasteiger partial charge in [0.1, 0.15) is 12.1 Å². The van der Waals surface area contributed by atoms with E-state index in [4.69, 9.17) is 4.74 Å². The van der Waals surface area contributed by atoms with E-state index in [1.54, 1.807) is 24.8 Å². The summed E-state index contributed by atoms with van der Waals surface area (Å²) in [6.07, 6.45) is 1.57. The number of benzene rings is 1. The van der Waals surface area contributed by atoms with E-state index in [2.05, 4.69) is 9.97 Å². The van der Waals surface area contributed by atoms with Crippen LogP contribution in [0.4, 0.5) is 5.82 Å². The number of piperazine rings is 1. The fourth-order valence-electron chi connectivity index (χ4n) is 3.05. The first-order valence-electron chi connectivity index (χ1n) is 8.08. The van der Waals surface area contributed by atoms with E-state index in [9.17, 15) is 4.79 Å². The van der Waals surface area contributed by atoms with Crippen LogP contribution < -0.4 is 9.64 Å². The summed E-state index contributed by atoms with van der Waals surface area (Å²) in [5.74, 6) is 1.77. The van der Waals surface area contributed by atoms with Gasteiger partial charge in [0.05, 0.1) is 23.9 Å². The third kappa shape index (κ3) is 3.15. The zero-order valence-electron chi connectivity index (χ0n) is 13.9. The Morgan fingerprint density at radius 2 is 2.16 bits per heavy atom. The van der Waals surface area contributed by atoms with Crippen LogP contribution in [0, 0.1) is 0 Å². The molecule has 7 heteroatoms. The first kappa shape index (κ1) is 15.8. The van der Waals surface area contributed by atoms with Crippen molar-refractivity contribution in [3.63, 3.8) is 0 Å². The maximum atomic E-state index is 12.6. The van der Waals surface area contributed by atoms with Crippen molar-refractivity contribution in [3.8, 4) is 5.75 Å². The van der Waals surface area contributed by atoms with E-state index in [0.29, 0.717) is 19.6 Å². The molecule has 0 bridgehead atoms. The van der Waals surface area contributed by atoms with Gasteiger partial charge in [-0.1, -0.05) is 12.1 Å². The second-order valence-electron chi connectivity index (χ2n) is 5.92. The van der Waals surface area contributed by atoms with Gasteiger partial charge in [0.15, 0.2) is 5.82 Å². The van der Waals surface area contributed by atoms with E-state index in [1.165, 1.54) is 0 Å². The van der Waals surface area contributed by atoms with Gasteiger partial charge < -0.3 is 14.5 Å². The zero-order valence-corrected chi connectivity index (χ0v) is 14.7. The van der Waals surface area contributed by atoms with Gasteiger partial charge in [-0.05, 0) is 29.1 Å². The van der Waals surface area contributed by atoms with E-state index in [0.717, 1.165) is 33.9 Å². The minimum Gasteiger partial charge on any atom is -0.497 e. The Hall–Kier alpha value is -2.67. The first-order chi connectivity index (χ1) is 12.2. The summed E-state index contributed by atoms with van der Waals surface area (Å²) in [7, 11) is 1.65. The number of carbonyl (C=O) groups excluding carboxylic acids is 1. The molecular formula is C18H18N4O2S. The number of rotatable bonds is 4. The quantitative estimate of drug-likeness (QED) is 0.721. The lowest BCUT2D eigenvalue weighted by Crippen LogP contribution is -2.50. The van der Waals surface area contributed by atoms with Gasteiger partial charge in [-0.15, -0.1) is 11.3 Å². The smallest absolute Gasteiger partial charge is 0.242 e. The monoisotopic (exact) mass is 354 g/mol. The van der Waals surface area contributed by atoms with Gasteiger partial charge in [-0.25, -0.2) is 9.97 Å². The summed E-state index contributed by atoms with van der Waals surface area (Å²) < 4.78 is 6.29. The molecule has 1 aliphatic rings. The minimum absolute atomic E-state index is 0.109. The van der Waals surface area contributed by atoms with Crippen molar-refractivity contribution in [2.24, 2.45) is 0 Å². The van der Waals surface area contributed by atoms with Crippen LogP contribution >= 0.6 is 11.3 Å². The number of ether oxygens (including phenoxy) is 1. The number of anilines is 1. The van der Waals surface area contributed by atoms with Crippen LogP contribution in [-0.4, -0.2) is 47.5 Å². The van der Waals surface area contributed by atoms with Crippen molar-refractivity contribution in [1.82, 2.24) is 14.9 Å². The second kappa shape index (κ2) is 6.68. The highest BCUT2D eigenvalue weighted by Gasteiger charge is 2.26. The third-order valence-electron chi connectivity index (χ3n) is 4.35. The van der Waals surface area contributed by atoms with Crippen molar-refractivity contribution in [2.45, 2.75) is 6.54 Å². The number of nitrogens with zero attached hydrogens (tertiary/aromatic N) is 4. The van der Waals surface area contributed by atoms with Gasteiger partial charge >= 0.3 is 0 Å². The lowest BCUT2D eigenvalue weighted by Gasteiger charge is -2.35. The predicted octanol–water partition coefficient (Wildman–Crippen LogP) is 2.55. The molecule has 1 saturated heterocycles. The molecule has 1 aliphatic heterocycles. The molecule has 0 atom stereocenters. The van der Waals surface area contributed by atoms with Crippen molar-refractivity contribution < 1.29 is 9.53 Å². The summed E-state index contributed by atoms with van der Waals surface area (Å²) in [6, 6.07) is 9.82. The molecule has 2 aromatic heterocycles. The lowest BCUT2D eigenvalue weighted by atomic mass is 10.2. The van der Waals surface area contributed by atoms with Gasteiger partial charge in [0.25, 0.3) is 0 Å². The largest absolute Gasteiger partial charge is 0.497 e. The molecule has 1 aromatic carbocycles. The Balaban J connectivity index is 1.49. The molecule has 6 nitrogen and oxygen atoms in total. The van der Waals surface area contributed by atoms with E-state index in [-0.39, 0.29) is 5.91 Å². The third-order valence-corrected chi connectivity index (χ3v) is 5.25. The highest BCUT2D eigenvalue weighted by Crippen LogP contribution is 2.28. The van der Waals surface area contributed by atoms with E-state index >= 15 is 0 Å². The summed E-state index contributed by atoms with van der Waals surface area (Å²) in [6.45, 7) is 2.38. The molecule has 1 fully saturated rings. The van der Waals surface area contributed by atoms with E-state index < -0.39 is 0 Å². The van der Waals surface area contributed by atoms with Crippen LogP contribution in [0.2, 0.25) is 0 Å². The maximum Gasteiger partial charge on any atom is 0.242 e. The highest BCUT2D eigenvalue weighted by atomic mass is 32.1. The molecule has 4 rings (SSSR count). The van der Waals surface area contributed by atoms with Gasteiger partial charge in [0, 0.05) is 19.6 Å². The maximum absolute atomic E-state index is 12.6. The van der Waals surface area contributed by atoms with Crippen molar-refractivity contribution in [1.29, 1.82) is 0 Å². The van der Waals surface area contributed by atoms with E-state index in [1.807, 2.05) is 45.5 Å². The summed E-state index contributed by atoms with van der Waals surface area (Å²) >= 11 is 1.61. The average Bonchev–Trinajstić information content (AvgIpc) is 3.12. The van der Waals surface area contributed by atoms with Gasteiger partial charge in [0.2, 0.25) is 5.91 Å². The van der Waals surface area contributed by atoms with Crippen LogP contribution in [0.1, 0.15) is 5.56 Å². The lowest BCUT2D eigenvalue weighted by molar-refractivity contribution is -0.131. The van der Waals surface area contributed by atoms with Crippen molar-refractivity contribution in [2.75, 3.05) is 31.6 Å².